The van der Waals surface area contributed by atoms with Crippen molar-refractivity contribution in [1.29, 1.82) is 5.26 Å². The van der Waals surface area contributed by atoms with Gasteiger partial charge in [0.05, 0.1) is 5.02 Å². The van der Waals surface area contributed by atoms with Crippen LogP contribution in [0.3, 0.4) is 0 Å². The van der Waals surface area contributed by atoms with E-state index >= 15 is 0 Å². The zero-order chi connectivity index (χ0) is 14.3. The van der Waals surface area contributed by atoms with Crippen LogP contribution in [0.1, 0.15) is 5.69 Å². The molecule has 1 aromatic carbocycles. The van der Waals surface area contributed by atoms with Crippen molar-refractivity contribution < 1.29 is 0 Å². The Hall–Kier alpha value is -1.54. The lowest BCUT2D eigenvalue weighted by molar-refractivity contribution is 1.14. The van der Waals surface area contributed by atoms with E-state index in [9.17, 15) is 5.26 Å². The fourth-order valence-corrected chi connectivity index (χ4v) is 2.83. The number of nitriles is 1. The molecule has 0 N–H and O–H groups in total. The van der Waals surface area contributed by atoms with Gasteiger partial charge in [-0.25, -0.2) is 4.98 Å². The molecule has 0 radical (unpaired) electrons. The molecule has 0 spiro atoms. The van der Waals surface area contributed by atoms with E-state index in [4.69, 9.17) is 23.2 Å². The first-order valence-corrected chi connectivity index (χ1v) is 7.18. The second kappa shape index (κ2) is 5.10. The van der Waals surface area contributed by atoms with Crippen molar-refractivity contribution in [2.24, 2.45) is 0 Å². The molecule has 20 heavy (non-hydrogen) atoms. The summed E-state index contributed by atoms with van der Waals surface area (Å²) in [6, 6.07) is 11.0. The van der Waals surface area contributed by atoms with Gasteiger partial charge in [0.25, 0.3) is 0 Å². The lowest BCUT2D eigenvalue weighted by Gasteiger charge is -2.02. The Kier molecular flexibility index (Phi) is 3.43. The van der Waals surface area contributed by atoms with Gasteiger partial charge in [0.1, 0.15) is 17.4 Å². The third-order valence-corrected chi connectivity index (χ3v) is 3.89. The molecule has 2 heterocycles. The third kappa shape index (κ3) is 2.18. The van der Waals surface area contributed by atoms with Crippen molar-refractivity contribution in [3.8, 4) is 17.3 Å². The van der Waals surface area contributed by atoms with E-state index in [-0.39, 0.29) is 0 Å². The highest BCUT2D eigenvalue weighted by atomic mass is 79.9. The lowest BCUT2D eigenvalue weighted by atomic mass is 10.1. The molecule has 0 amide bonds. The van der Waals surface area contributed by atoms with Crippen LogP contribution in [-0.2, 0) is 0 Å². The highest BCUT2D eigenvalue weighted by Crippen LogP contribution is 2.32. The normalized spacial score (nSPS) is 10.7. The smallest absolute Gasteiger partial charge is 0.152 e. The summed E-state index contributed by atoms with van der Waals surface area (Å²) < 4.78 is 2.59. The molecule has 0 atom stereocenters. The second-order valence-electron chi connectivity index (χ2n) is 4.12. The van der Waals surface area contributed by atoms with Crippen molar-refractivity contribution in [3.63, 3.8) is 0 Å². The molecule has 0 fully saturated rings. The second-order valence-corrected chi connectivity index (χ2v) is 5.88. The van der Waals surface area contributed by atoms with Crippen molar-refractivity contribution in [2.75, 3.05) is 0 Å². The van der Waals surface area contributed by atoms with Crippen molar-refractivity contribution in [2.45, 2.75) is 0 Å². The van der Waals surface area contributed by atoms with Crippen LogP contribution in [0.5, 0.6) is 0 Å². The van der Waals surface area contributed by atoms with Crippen molar-refractivity contribution in [3.05, 3.63) is 56.7 Å². The maximum Gasteiger partial charge on any atom is 0.152 e. The molecular weight excluding hydrogens is 361 g/mol. The molecule has 3 nitrogen and oxygen atoms in total. The Labute approximate surface area is 133 Å². The van der Waals surface area contributed by atoms with Crippen LogP contribution in [0.15, 0.2) is 41.0 Å². The van der Waals surface area contributed by atoms with Gasteiger partial charge in [0.2, 0.25) is 0 Å². The Morgan fingerprint density at radius 3 is 2.70 bits per heavy atom. The van der Waals surface area contributed by atoms with E-state index in [0.29, 0.717) is 32.6 Å². The Balaban J connectivity index is 2.34. The Morgan fingerprint density at radius 2 is 2.00 bits per heavy atom. The van der Waals surface area contributed by atoms with Gasteiger partial charge in [0, 0.05) is 21.3 Å². The van der Waals surface area contributed by atoms with Crippen molar-refractivity contribution >= 4 is 44.8 Å². The number of fused-ring (bicyclic) bond motifs is 1. The minimum Gasteiger partial charge on any atom is -0.290 e. The van der Waals surface area contributed by atoms with E-state index in [2.05, 4.69) is 27.0 Å². The van der Waals surface area contributed by atoms with Crippen LogP contribution in [0, 0.1) is 11.3 Å². The lowest BCUT2D eigenvalue weighted by Crippen LogP contribution is -1.89. The average Bonchev–Trinajstić information content (AvgIpc) is 2.76. The van der Waals surface area contributed by atoms with Gasteiger partial charge in [-0.15, -0.1) is 0 Å². The number of rotatable bonds is 1. The molecule has 0 aliphatic rings. The molecule has 98 valence electrons. The van der Waals surface area contributed by atoms with Gasteiger partial charge in [-0.3, -0.25) is 4.40 Å². The summed E-state index contributed by atoms with van der Waals surface area (Å²) in [4.78, 5) is 4.48. The summed E-state index contributed by atoms with van der Waals surface area (Å²) in [5.74, 6) is 0. The molecule has 2 aromatic heterocycles. The van der Waals surface area contributed by atoms with Crippen LogP contribution in [0.2, 0.25) is 10.0 Å². The largest absolute Gasteiger partial charge is 0.290 e. The number of imidazole rings is 1. The zero-order valence-corrected chi connectivity index (χ0v) is 13.0. The summed E-state index contributed by atoms with van der Waals surface area (Å²) in [6.07, 6.45) is 1.80. The summed E-state index contributed by atoms with van der Waals surface area (Å²) in [5.41, 5.74) is 2.36. The third-order valence-electron chi connectivity index (χ3n) is 2.87. The maximum atomic E-state index is 9.41. The first-order chi connectivity index (χ1) is 9.60. The van der Waals surface area contributed by atoms with Gasteiger partial charge in [0.15, 0.2) is 5.69 Å². The van der Waals surface area contributed by atoms with Crippen LogP contribution in [0.25, 0.3) is 16.9 Å². The summed E-state index contributed by atoms with van der Waals surface area (Å²) in [6.45, 7) is 0. The number of nitrogens with zero attached hydrogens (tertiary/aromatic N) is 3. The Bertz CT molecular complexity index is 865. The molecule has 0 unspecified atom stereocenters. The Morgan fingerprint density at radius 1 is 1.20 bits per heavy atom. The summed E-state index contributed by atoms with van der Waals surface area (Å²) in [5, 5.41) is 10.4. The quantitative estimate of drug-likeness (QED) is 0.611. The number of halogens is 3. The average molecular weight is 367 g/mol. The van der Waals surface area contributed by atoms with E-state index in [1.807, 2.05) is 12.1 Å². The van der Waals surface area contributed by atoms with Crippen LogP contribution < -0.4 is 0 Å². The van der Waals surface area contributed by atoms with Crippen LogP contribution >= 0.6 is 39.1 Å². The van der Waals surface area contributed by atoms with E-state index < -0.39 is 0 Å². The van der Waals surface area contributed by atoms with E-state index in [1.165, 1.54) is 0 Å². The van der Waals surface area contributed by atoms with Crippen LogP contribution in [-0.4, -0.2) is 9.38 Å². The van der Waals surface area contributed by atoms with Crippen LogP contribution in [0.4, 0.5) is 0 Å². The highest BCUT2D eigenvalue weighted by Gasteiger charge is 2.16. The zero-order valence-electron chi connectivity index (χ0n) is 9.94. The number of pyridine rings is 1. The molecule has 0 aliphatic heterocycles. The predicted molar refractivity (Wildman–Crippen MR) is 83.1 cm³/mol. The molecule has 3 aromatic rings. The topological polar surface area (TPSA) is 41.1 Å². The van der Waals surface area contributed by atoms with Gasteiger partial charge < -0.3 is 0 Å². The fraction of sp³-hybridized carbons (Fsp3) is 0. The molecule has 0 saturated carbocycles. The molecule has 0 aliphatic carbocycles. The van der Waals surface area contributed by atoms with Gasteiger partial charge in [-0.2, -0.15) is 5.26 Å². The maximum absolute atomic E-state index is 9.41. The fourth-order valence-electron chi connectivity index (χ4n) is 1.99. The summed E-state index contributed by atoms with van der Waals surface area (Å²) >= 11 is 15.5. The van der Waals surface area contributed by atoms with Gasteiger partial charge in [-0.1, -0.05) is 23.2 Å². The van der Waals surface area contributed by atoms with Gasteiger partial charge in [-0.05, 0) is 46.3 Å². The number of hydrogen-bond donors (Lipinski definition) is 0. The minimum absolute atomic E-state index is 0.436. The first-order valence-electron chi connectivity index (χ1n) is 5.63. The number of aromatic nitrogens is 2. The molecule has 6 heteroatoms. The summed E-state index contributed by atoms with van der Waals surface area (Å²) in [7, 11) is 0. The molecular formula is C14H6BrCl2N3. The standard InChI is InChI=1S/C14H6BrCl2N3/c15-8-1-4-13-19-14(12(6-18)20(13)7-8)10-3-2-9(16)5-11(10)17/h1-5,7H. The predicted octanol–water partition coefficient (Wildman–Crippen LogP) is 4.94. The molecule has 0 bridgehead atoms. The molecule has 3 rings (SSSR count). The minimum atomic E-state index is 0.436. The first kappa shape index (κ1) is 13.4. The van der Waals surface area contributed by atoms with Crippen molar-refractivity contribution in [1.82, 2.24) is 9.38 Å². The van der Waals surface area contributed by atoms with E-state index in [0.717, 1.165) is 4.47 Å². The molecule has 0 saturated heterocycles. The SMILES string of the molecule is N#Cc1c(-c2ccc(Cl)cc2Cl)nc2ccc(Br)cn12. The number of hydrogen-bond acceptors (Lipinski definition) is 2. The monoisotopic (exact) mass is 365 g/mol. The highest BCUT2D eigenvalue weighted by molar-refractivity contribution is 9.10. The van der Waals surface area contributed by atoms with E-state index in [1.54, 1.807) is 28.8 Å². The number of benzene rings is 1. The van der Waals surface area contributed by atoms with Gasteiger partial charge >= 0.3 is 0 Å².